The van der Waals surface area contributed by atoms with Crippen molar-refractivity contribution in [2.45, 2.75) is 104 Å². The van der Waals surface area contributed by atoms with Gasteiger partial charge in [-0.1, -0.05) is 133 Å². The van der Waals surface area contributed by atoms with E-state index < -0.39 is 11.6 Å². The molecule has 2 heteroatoms. The van der Waals surface area contributed by atoms with Crippen LogP contribution in [0.15, 0.2) is 60.7 Å². The van der Waals surface area contributed by atoms with Gasteiger partial charge < -0.3 is 0 Å². The highest BCUT2D eigenvalue weighted by Gasteiger charge is 2.19. The van der Waals surface area contributed by atoms with Crippen molar-refractivity contribution in [2.75, 3.05) is 0 Å². The first-order valence-electron chi connectivity index (χ1n) is 14.3. The summed E-state index contributed by atoms with van der Waals surface area (Å²) in [6.45, 7) is 4.39. The molecule has 0 saturated carbocycles. The van der Waals surface area contributed by atoms with E-state index in [4.69, 9.17) is 0 Å². The summed E-state index contributed by atoms with van der Waals surface area (Å²) >= 11 is 0. The molecule has 0 aliphatic rings. The number of aryl methyl sites for hydroxylation is 1. The Morgan fingerprint density at radius 1 is 0.500 bits per heavy atom. The Kier molecular flexibility index (Phi) is 12.2. The normalized spacial score (nSPS) is 11.2. The second-order valence-corrected chi connectivity index (χ2v) is 10.2. The van der Waals surface area contributed by atoms with Crippen LogP contribution < -0.4 is 0 Å². The molecule has 0 aliphatic carbocycles. The van der Waals surface area contributed by atoms with Crippen LogP contribution in [0.2, 0.25) is 0 Å². The maximum Gasteiger partial charge on any atom is 0.166 e. The van der Waals surface area contributed by atoms with E-state index in [0.717, 1.165) is 54.4 Å². The zero-order valence-electron chi connectivity index (χ0n) is 22.4. The second kappa shape index (κ2) is 15.6. The van der Waals surface area contributed by atoms with Gasteiger partial charge in [0.15, 0.2) is 11.6 Å². The average Bonchev–Trinajstić information content (AvgIpc) is 2.92. The summed E-state index contributed by atoms with van der Waals surface area (Å²) in [5, 5.41) is 0. The predicted molar refractivity (Wildman–Crippen MR) is 151 cm³/mol. The van der Waals surface area contributed by atoms with Crippen molar-refractivity contribution in [1.82, 2.24) is 0 Å². The van der Waals surface area contributed by atoms with E-state index in [9.17, 15) is 0 Å². The molecule has 0 atom stereocenters. The molecule has 36 heavy (non-hydrogen) atoms. The molecule has 0 unspecified atom stereocenters. The molecule has 0 heterocycles. The Morgan fingerprint density at radius 2 is 1.03 bits per heavy atom. The third-order valence-electron chi connectivity index (χ3n) is 7.28. The van der Waals surface area contributed by atoms with Crippen LogP contribution >= 0.6 is 0 Å². The Bertz CT molecular complexity index is 1020. The van der Waals surface area contributed by atoms with Crippen molar-refractivity contribution in [3.05, 3.63) is 83.4 Å². The second-order valence-electron chi connectivity index (χ2n) is 10.2. The SMILES string of the molecule is CCCCCCCCCCCCc1c(CCCC)cc(-c2ccc(-c3ccccc3)cc2)c(F)c1F. The predicted octanol–water partition coefficient (Wildman–Crippen LogP) is 11.1. The van der Waals surface area contributed by atoms with E-state index in [0.29, 0.717) is 17.5 Å². The minimum absolute atomic E-state index is 0.380. The number of hydrogen-bond acceptors (Lipinski definition) is 0. The first kappa shape index (κ1) is 28.1. The van der Waals surface area contributed by atoms with Gasteiger partial charge in [-0.05, 0) is 59.6 Å². The lowest BCUT2D eigenvalue weighted by atomic mass is 9.91. The molecule has 0 amide bonds. The number of hydrogen-bond donors (Lipinski definition) is 0. The van der Waals surface area contributed by atoms with Crippen molar-refractivity contribution in [3.8, 4) is 22.3 Å². The van der Waals surface area contributed by atoms with E-state index in [2.05, 4.69) is 26.0 Å². The molecule has 0 aliphatic heterocycles. The lowest BCUT2D eigenvalue weighted by molar-refractivity contribution is 0.493. The van der Waals surface area contributed by atoms with Gasteiger partial charge >= 0.3 is 0 Å². The van der Waals surface area contributed by atoms with Crippen molar-refractivity contribution in [1.29, 1.82) is 0 Å². The van der Waals surface area contributed by atoms with Gasteiger partial charge in [0.25, 0.3) is 0 Å². The van der Waals surface area contributed by atoms with Gasteiger partial charge in [-0.15, -0.1) is 0 Å². The van der Waals surface area contributed by atoms with Crippen LogP contribution in [0.1, 0.15) is 102 Å². The summed E-state index contributed by atoms with van der Waals surface area (Å²) in [6, 6.07) is 19.8. The van der Waals surface area contributed by atoms with Gasteiger partial charge in [-0.2, -0.15) is 0 Å². The quantitative estimate of drug-likeness (QED) is 0.175. The van der Waals surface area contributed by atoms with Gasteiger partial charge in [0.2, 0.25) is 0 Å². The summed E-state index contributed by atoms with van der Waals surface area (Å²) in [6.07, 6.45) is 15.9. The molecule has 3 aromatic carbocycles. The van der Waals surface area contributed by atoms with Gasteiger partial charge in [-0.3, -0.25) is 0 Å². The Balaban J connectivity index is 1.65. The fourth-order valence-electron chi connectivity index (χ4n) is 5.05. The Hall–Kier alpha value is -2.48. The first-order chi connectivity index (χ1) is 17.7. The number of unbranched alkanes of at least 4 members (excludes halogenated alkanes) is 10. The van der Waals surface area contributed by atoms with Crippen molar-refractivity contribution < 1.29 is 8.78 Å². The van der Waals surface area contributed by atoms with Crippen LogP contribution in [-0.4, -0.2) is 0 Å². The lowest BCUT2D eigenvalue weighted by Gasteiger charge is -2.15. The minimum Gasteiger partial charge on any atom is -0.203 e. The van der Waals surface area contributed by atoms with Crippen molar-refractivity contribution in [2.24, 2.45) is 0 Å². The Labute approximate surface area is 218 Å². The van der Waals surface area contributed by atoms with Crippen molar-refractivity contribution in [3.63, 3.8) is 0 Å². The maximum atomic E-state index is 15.4. The van der Waals surface area contributed by atoms with Gasteiger partial charge in [-0.25, -0.2) is 8.78 Å². The van der Waals surface area contributed by atoms with Crippen molar-refractivity contribution >= 4 is 0 Å². The lowest BCUT2D eigenvalue weighted by Crippen LogP contribution is -2.04. The van der Waals surface area contributed by atoms with Crippen LogP contribution in [0.4, 0.5) is 8.78 Å². The minimum atomic E-state index is -0.704. The number of rotatable bonds is 16. The molecule has 0 spiro atoms. The molecular weight excluding hydrogens is 446 g/mol. The monoisotopic (exact) mass is 490 g/mol. The van der Waals surface area contributed by atoms with Crippen LogP contribution in [0, 0.1) is 11.6 Å². The molecule has 194 valence electrons. The Morgan fingerprint density at radius 3 is 1.64 bits per heavy atom. The summed E-state index contributed by atoms with van der Waals surface area (Å²) in [5.74, 6) is -1.34. The van der Waals surface area contributed by atoms with Gasteiger partial charge in [0.05, 0.1) is 0 Å². The molecular formula is C34H44F2. The molecule has 3 aromatic rings. The van der Waals surface area contributed by atoms with Gasteiger partial charge in [0.1, 0.15) is 0 Å². The van der Waals surface area contributed by atoms with Crippen LogP contribution in [0.3, 0.4) is 0 Å². The van der Waals surface area contributed by atoms with E-state index >= 15 is 8.78 Å². The molecule has 0 aromatic heterocycles. The zero-order valence-corrected chi connectivity index (χ0v) is 22.4. The standard InChI is InChI=1S/C34H44F2/c1-3-5-7-8-9-10-11-12-13-17-21-31-30(18-6-4-2)26-32(34(36)33(31)35)29-24-22-28(23-25-29)27-19-15-14-16-20-27/h14-16,19-20,22-26H,3-13,17-18,21H2,1-2H3. The van der Waals surface area contributed by atoms with Crippen LogP contribution in [-0.2, 0) is 12.8 Å². The maximum absolute atomic E-state index is 15.4. The highest BCUT2D eigenvalue weighted by atomic mass is 19.2. The largest absolute Gasteiger partial charge is 0.203 e. The third-order valence-corrected chi connectivity index (χ3v) is 7.28. The van der Waals surface area contributed by atoms with Gasteiger partial charge in [0, 0.05) is 5.56 Å². The molecule has 0 bridgehead atoms. The highest BCUT2D eigenvalue weighted by Crippen LogP contribution is 2.32. The molecule has 0 radical (unpaired) electrons. The summed E-state index contributed by atoms with van der Waals surface area (Å²) in [4.78, 5) is 0. The average molecular weight is 491 g/mol. The smallest absolute Gasteiger partial charge is 0.166 e. The van der Waals surface area contributed by atoms with E-state index in [1.807, 2.05) is 48.5 Å². The third kappa shape index (κ3) is 8.29. The molecule has 0 N–H and O–H groups in total. The van der Waals surface area contributed by atoms with E-state index in [-0.39, 0.29) is 0 Å². The fraction of sp³-hybridized carbons (Fsp3) is 0.471. The molecule has 0 fully saturated rings. The van der Waals surface area contributed by atoms with Crippen LogP contribution in [0.25, 0.3) is 22.3 Å². The molecule has 0 nitrogen and oxygen atoms in total. The zero-order chi connectivity index (χ0) is 25.6. The highest BCUT2D eigenvalue weighted by molar-refractivity contribution is 5.71. The summed E-state index contributed by atoms with van der Waals surface area (Å²) in [7, 11) is 0. The van der Waals surface area contributed by atoms with Crippen LogP contribution in [0.5, 0.6) is 0 Å². The van der Waals surface area contributed by atoms with E-state index in [1.54, 1.807) is 0 Å². The summed E-state index contributed by atoms with van der Waals surface area (Å²) in [5.41, 5.74) is 4.88. The number of halogens is 2. The van der Waals surface area contributed by atoms with E-state index in [1.165, 1.54) is 51.4 Å². The number of benzene rings is 3. The fourth-order valence-corrected chi connectivity index (χ4v) is 5.05. The topological polar surface area (TPSA) is 0 Å². The summed E-state index contributed by atoms with van der Waals surface area (Å²) < 4.78 is 30.7. The molecule has 0 saturated heterocycles. The molecule has 3 rings (SSSR count). The first-order valence-corrected chi connectivity index (χ1v) is 14.3.